The number of aryl methyl sites for hydroxylation is 3. The van der Waals surface area contributed by atoms with Gasteiger partial charge >= 0.3 is 0 Å². The first-order chi connectivity index (χ1) is 8.06. The van der Waals surface area contributed by atoms with E-state index in [0.717, 1.165) is 0 Å². The SMILES string of the molecule is Cc1noc(-c2c(C)noc2C)c1C(=O)NN. The maximum absolute atomic E-state index is 11.6. The lowest BCUT2D eigenvalue weighted by Gasteiger charge is -1.99. The molecular formula is C10H12N4O3. The highest BCUT2D eigenvalue weighted by atomic mass is 16.5. The monoisotopic (exact) mass is 236 g/mol. The number of hydrogen-bond acceptors (Lipinski definition) is 6. The summed E-state index contributed by atoms with van der Waals surface area (Å²) in [5.74, 6) is 5.54. The normalized spacial score (nSPS) is 10.6. The number of nitrogens with zero attached hydrogens (tertiary/aromatic N) is 2. The molecule has 0 aromatic carbocycles. The average molecular weight is 236 g/mol. The fourth-order valence-electron chi connectivity index (χ4n) is 1.69. The van der Waals surface area contributed by atoms with Crippen molar-refractivity contribution < 1.29 is 13.8 Å². The Balaban J connectivity index is 2.65. The smallest absolute Gasteiger partial charge is 0.271 e. The molecule has 0 spiro atoms. The van der Waals surface area contributed by atoms with E-state index in [4.69, 9.17) is 14.9 Å². The lowest BCUT2D eigenvalue weighted by Crippen LogP contribution is -2.30. The van der Waals surface area contributed by atoms with Crippen LogP contribution < -0.4 is 11.3 Å². The minimum Gasteiger partial charge on any atom is -0.361 e. The van der Waals surface area contributed by atoms with E-state index in [1.54, 1.807) is 20.8 Å². The number of carbonyl (C=O) groups excluding carboxylic acids is 1. The summed E-state index contributed by atoms with van der Waals surface area (Å²) in [5.41, 5.74) is 4.07. The van der Waals surface area contributed by atoms with Gasteiger partial charge in [0, 0.05) is 0 Å². The molecule has 3 N–H and O–H groups in total. The Kier molecular flexibility index (Phi) is 2.68. The molecule has 0 aliphatic carbocycles. The van der Waals surface area contributed by atoms with Crippen molar-refractivity contribution >= 4 is 5.91 Å². The van der Waals surface area contributed by atoms with Crippen molar-refractivity contribution in [2.45, 2.75) is 20.8 Å². The van der Waals surface area contributed by atoms with Gasteiger partial charge < -0.3 is 9.05 Å². The lowest BCUT2D eigenvalue weighted by atomic mass is 10.1. The number of hydrazine groups is 1. The molecule has 0 atom stereocenters. The maximum Gasteiger partial charge on any atom is 0.271 e. The number of hydrogen-bond donors (Lipinski definition) is 2. The molecule has 90 valence electrons. The number of nitrogens with one attached hydrogen (secondary N) is 1. The number of aromatic nitrogens is 2. The Morgan fingerprint density at radius 1 is 1.18 bits per heavy atom. The molecule has 0 unspecified atom stereocenters. The van der Waals surface area contributed by atoms with Crippen molar-refractivity contribution in [3.8, 4) is 11.3 Å². The molecule has 1 amide bonds. The summed E-state index contributed by atoms with van der Waals surface area (Å²) in [7, 11) is 0. The molecule has 0 fully saturated rings. The fraction of sp³-hybridized carbons (Fsp3) is 0.300. The highest BCUT2D eigenvalue weighted by Gasteiger charge is 2.25. The van der Waals surface area contributed by atoms with Crippen molar-refractivity contribution in [3.05, 3.63) is 22.7 Å². The lowest BCUT2D eigenvalue weighted by molar-refractivity contribution is 0.0953. The van der Waals surface area contributed by atoms with E-state index < -0.39 is 5.91 Å². The maximum atomic E-state index is 11.6. The molecule has 17 heavy (non-hydrogen) atoms. The molecule has 0 aliphatic heterocycles. The fourth-order valence-corrected chi connectivity index (χ4v) is 1.69. The minimum absolute atomic E-state index is 0.293. The van der Waals surface area contributed by atoms with Crippen molar-refractivity contribution in [3.63, 3.8) is 0 Å². The first-order valence-corrected chi connectivity index (χ1v) is 4.96. The molecule has 2 heterocycles. The van der Waals surface area contributed by atoms with Gasteiger partial charge in [0.1, 0.15) is 11.3 Å². The Morgan fingerprint density at radius 3 is 2.35 bits per heavy atom. The number of nitrogen functional groups attached to an aromatic ring is 1. The molecule has 0 aliphatic rings. The second kappa shape index (κ2) is 4.02. The van der Waals surface area contributed by atoms with E-state index in [0.29, 0.717) is 34.0 Å². The van der Waals surface area contributed by atoms with Crippen LogP contribution in [0.5, 0.6) is 0 Å². The summed E-state index contributed by atoms with van der Waals surface area (Å²) >= 11 is 0. The van der Waals surface area contributed by atoms with Gasteiger partial charge in [-0.15, -0.1) is 0 Å². The third-order valence-corrected chi connectivity index (χ3v) is 2.48. The van der Waals surface area contributed by atoms with E-state index in [1.165, 1.54) is 0 Å². The van der Waals surface area contributed by atoms with E-state index in [-0.39, 0.29) is 0 Å². The zero-order chi connectivity index (χ0) is 12.6. The van der Waals surface area contributed by atoms with Crippen molar-refractivity contribution in [1.82, 2.24) is 15.7 Å². The first kappa shape index (κ1) is 11.3. The molecule has 0 saturated heterocycles. The molecule has 0 saturated carbocycles. The molecule has 0 radical (unpaired) electrons. The van der Waals surface area contributed by atoms with Gasteiger partial charge in [-0.3, -0.25) is 10.2 Å². The zero-order valence-electron chi connectivity index (χ0n) is 9.70. The molecule has 7 nitrogen and oxygen atoms in total. The summed E-state index contributed by atoms with van der Waals surface area (Å²) in [6, 6.07) is 0. The van der Waals surface area contributed by atoms with Crippen LogP contribution in [0.15, 0.2) is 9.05 Å². The number of nitrogens with two attached hydrogens (primary N) is 1. The molecular weight excluding hydrogens is 224 g/mol. The summed E-state index contributed by atoms with van der Waals surface area (Å²) in [5, 5.41) is 7.57. The van der Waals surface area contributed by atoms with Crippen molar-refractivity contribution in [2.75, 3.05) is 0 Å². The highest BCUT2D eigenvalue weighted by Crippen LogP contribution is 2.31. The van der Waals surface area contributed by atoms with Crippen LogP contribution in [0.1, 0.15) is 27.5 Å². The van der Waals surface area contributed by atoms with Crippen LogP contribution in [0, 0.1) is 20.8 Å². The zero-order valence-corrected chi connectivity index (χ0v) is 9.70. The van der Waals surface area contributed by atoms with Crippen molar-refractivity contribution in [2.24, 2.45) is 5.84 Å². The Bertz CT molecular complexity index is 551. The van der Waals surface area contributed by atoms with E-state index in [1.807, 2.05) is 0 Å². The number of carbonyl (C=O) groups is 1. The van der Waals surface area contributed by atoms with Gasteiger partial charge in [0.25, 0.3) is 5.91 Å². The topological polar surface area (TPSA) is 107 Å². The quantitative estimate of drug-likeness (QED) is 0.455. The first-order valence-electron chi connectivity index (χ1n) is 4.96. The second-order valence-corrected chi connectivity index (χ2v) is 3.64. The third-order valence-electron chi connectivity index (χ3n) is 2.48. The molecule has 2 aromatic heterocycles. The van der Waals surface area contributed by atoms with Crippen molar-refractivity contribution in [1.29, 1.82) is 0 Å². The molecule has 2 aromatic rings. The second-order valence-electron chi connectivity index (χ2n) is 3.64. The van der Waals surface area contributed by atoms with Gasteiger partial charge in [-0.05, 0) is 20.8 Å². The predicted molar refractivity (Wildman–Crippen MR) is 57.9 cm³/mol. The summed E-state index contributed by atoms with van der Waals surface area (Å²) in [6.45, 7) is 5.15. The average Bonchev–Trinajstić information content (AvgIpc) is 2.82. The Labute approximate surface area is 96.9 Å². The standard InChI is InChI=1S/C10H12N4O3/c1-4-7(6(3)16-13-4)9-8(10(15)12-11)5(2)14-17-9/h11H2,1-3H3,(H,12,15). The Hall–Kier alpha value is -2.15. The minimum atomic E-state index is -0.459. The van der Waals surface area contributed by atoms with Crippen LogP contribution in [0.25, 0.3) is 11.3 Å². The van der Waals surface area contributed by atoms with Crippen LogP contribution in [0.4, 0.5) is 0 Å². The van der Waals surface area contributed by atoms with Crippen LogP contribution in [-0.4, -0.2) is 16.2 Å². The van der Waals surface area contributed by atoms with Crippen LogP contribution in [0.2, 0.25) is 0 Å². The van der Waals surface area contributed by atoms with E-state index >= 15 is 0 Å². The molecule has 2 rings (SSSR count). The third kappa shape index (κ3) is 1.70. The Morgan fingerprint density at radius 2 is 1.82 bits per heavy atom. The van der Waals surface area contributed by atoms with Gasteiger partial charge in [-0.25, -0.2) is 5.84 Å². The van der Waals surface area contributed by atoms with Gasteiger partial charge in [-0.1, -0.05) is 10.3 Å². The van der Waals surface area contributed by atoms with Gasteiger partial charge in [0.15, 0.2) is 5.76 Å². The van der Waals surface area contributed by atoms with E-state index in [2.05, 4.69) is 15.7 Å². The summed E-state index contributed by atoms with van der Waals surface area (Å²) in [4.78, 5) is 11.6. The largest absolute Gasteiger partial charge is 0.361 e. The highest BCUT2D eigenvalue weighted by molar-refractivity contribution is 6.00. The van der Waals surface area contributed by atoms with Gasteiger partial charge in [0.05, 0.1) is 17.0 Å². The van der Waals surface area contributed by atoms with Crippen LogP contribution >= 0.6 is 0 Å². The number of rotatable bonds is 2. The van der Waals surface area contributed by atoms with E-state index in [9.17, 15) is 4.79 Å². The number of amides is 1. The summed E-state index contributed by atoms with van der Waals surface area (Å²) in [6.07, 6.45) is 0. The van der Waals surface area contributed by atoms with Gasteiger partial charge in [-0.2, -0.15) is 0 Å². The van der Waals surface area contributed by atoms with Crippen LogP contribution in [0.3, 0.4) is 0 Å². The van der Waals surface area contributed by atoms with Crippen LogP contribution in [-0.2, 0) is 0 Å². The molecule has 7 heteroatoms. The predicted octanol–water partition coefficient (Wildman–Crippen LogP) is 0.858. The summed E-state index contributed by atoms with van der Waals surface area (Å²) < 4.78 is 10.2. The molecule has 0 bridgehead atoms. The van der Waals surface area contributed by atoms with Gasteiger partial charge in [0.2, 0.25) is 0 Å².